The molecule has 1 aliphatic carbocycles. The molecule has 0 aromatic carbocycles. The second-order valence-electron chi connectivity index (χ2n) is 5.10. The van der Waals surface area contributed by atoms with E-state index in [9.17, 15) is 4.79 Å². The third kappa shape index (κ3) is 1.61. The minimum Gasteiger partial charge on any atom is -0.309 e. The fourth-order valence-electron chi connectivity index (χ4n) is 1.82. The van der Waals surface area contributed by atoms with Gasteiger partial charge in [0, 0.05) is 23.2 Å². The van der Waals surface area contributed by atoms with Gasteiger partial charge < -0.3 is 4.57 Å². The summed E-state index contributed by atoms with van der Waals surface area (Å²) in [5.74, 6) is 0. The number of nitrogens with zero attached hydrogens (tertiary/aromatic N) is 1. The third-order valence-electron chi connectivity index (χ3n) is 2.67. The molecule has 0 spiro atoms. The predicted molar refractivity (Wildman–Crippen MR) is 57.7 cm³/mol. The molecule has 2 rings (SSSR count). The highest BCUT2D eigenvalue weighted by Gasteiger charge is 2.29. The van der Waals surface area contributed by atoms with Gasteiger partial charge in [-0.2, -0.15) is 0 Å². The van der Waals surface area contributed by atoms with Crippen molar-refractivity contribution in [1.82, 2.24) is 4.57 Å². The van der Waals surface area contributed by atoms with Crippen molar-refractivity contribution >= 4 is 0 Å². The summed E-state index contributed by atoms with van der Waals surface area (Å²) in [6, 6.07) is 6.06. The van der Waals surface area contributed by atoms with Gasteiger partial charge in [0.25, 0.3) is 5.56 Å². The summed E-state index contributed by atoms with van der Waals surface area (Å²) < 4.78 is 1.97. The van der Waals surface area contributed by atoms with Crippen LogP contribution < -0.4 is 5.56 Å². The van der Waals surface area contributed by atoms with Crippen LogP contribution in [0.1, 0.15) is 45.3 Å². The van der Waals surface area contributed by atoms with Crippen molar-refractivity contribution in [3.05, 3.63) is 34.2 Å². The van der Waals surface area contributed by atoms with Crippen molar-refractivity contribution in [2.24, 2.45) is 0 Å². The highest BCUT2D eigenvalue weighted by atomic mass is 16.1. The van der Waals surface area contributed by atoms with Gasteiger partial charge in [-0.25, -0.2) is 0 Å². The topological polar surface area (TPSA) is 22.0 Å². The van der Waals surface area contributed by atoms with Gasteiger partial charge in [0.2, 0.25) is 0 Å². The molecule has 0 amide bonds. The van der Waals surface area contributed by atoms with Crippen molar-refractivity contribution in [3.63, 3.8) is 0 Å². The van der Waals surface area contributed by atoms with Crippen LogP contribution in [-0.2, 0) is 5.41 Å². The van der Waals surface area contributed by atoms with E-state index in [1.165, 1.54) is 0 Å². The first-order valence-electron chi connectivity index (χ1n) is 5.22. The van der Waals surface area contributed by atoms with E-state index in [1.54, 1.807) is 6.07 Å². The SMILES string of the molecule is CC(C)(C)c1cccc(=O)n1C1CC1. The summed E-state index contributed by atoms with van der Waals surface area (Å²) in [6.07, 6.45) is 2.32. The lowest BCUT2D eigenvalue weighted by atomic mass is 9.91. The first-order valence-corrected chi connectivity index (χ1v) is 5.22. The second-order valence-corrected chi connectivity index (χ2v) is 5.10. The van der Waals surface area contributed by atoms with Crippen LogP contribution in [0.15, 0.2) is 23.0 Å². The minimum absolute atomic E-state index is 0.0585. The van der Waals surface area contributed by atoms with Crippen LogP contribution in [0.25, 0.3) is 0 Å². The Bertz CT molecular complexity index is 394. The lowest BCUT2D eigenvalue weighted by molar-refractivity contribution is 0.505. The van der Waals surface area contributed by atoms with Crippen molar-refractivity contribution in [2.45, 2.75) is 45.1 Å². The van der Waals surface area contributed by atoms with Crippen LogP contribution in [-0.4, -0.2) is 4.57 Å². The Kier molecular flexibility index (Phi) is 2.02. The molecule has 0 unspecified atom stereocenters. The molecule has 1 saturated carbocycles. The van der Waals surface area contributed by atoms with Gasteiger partial charge in [-0.15, -0.1) is 0 Å². The van der Waals surface area contributed by atoms with Gasteiger partial charge >= 0.3 is 0 Å². The second kappa shape index (κ2) is 2.97. The molecule has 1 aromatic rings. The third-order valence-corrected chi connectivity index (χ3v) is 2.67. The minimum atomic E-state index is 0.0585. The molecule has 0 bridgehead atoms. The molecule has 0 atom stereocenters. The van der Waals surface area contributed by atoms with Gasteiger partial charge in [-0.3, -0.25) is 4.79 Å². The summed E-state index contributed by atoms with van der Waals surface area (Å²) in [7, 11) is 0. The number of rotatable bonds is 1. The van der Waals surface area contributed by atoms with E-state index in [1.807, 2.05) is 10.6 Å². The van der Waals surface area contributed by atoms with E-state index in [0.717, 1.165) is 18.5 Å². The molecule has 2 heteroatoms. The average molecular weight is 191 g/mol. The molecule has 1 fully saturated rings. The molecule has 0 N–H and O–H groups in total. The lowest BCUT2D eigenvalue weighted by Gasteiger charge is -2.23. The first kappa shape index (κ1) is 9.50. The fraction of sp³-hybridized carbons (Fsp3) is 0.583. The molecular formula is C12H17NO. The van der Waals surface area contributed by atoms with Gasteiger partial charge in [0.15, 0.2) is 0 Å². The molecule has 76 valence electrons. The smallest absolute Gasteiger partial charge is 0.250 e. The van der Waals surface area contributed by atoms with E-state index < -0.39 is 0 Å². The first-order chi connectivity index (χ1) is 6.50. The Hall–Kier alpha value is -1.05. The van der Waals surface area contributed by atoms with Gasteiger partial charge in [0.05, 0.1) is 0 Å². The Morgan fingerprint density at radius 3 is 2.43 bits per heavy atom. The van der Waals surface area contributed by atoms with Crippen LogP contribution in [0, 0.1) is 0 Å². The summed E-state index contributed by atoms with van der Waals surface area (Å²) >= 11 is 0. The molecule has 1 aliphatic rings. The van der Waals surface area contributed by atoms with E-state index >= 15 is 0 Å². The van der Waals surface area contributed by atoms with E-state index in [-0.39, 0.29) is 11.0 Å². The van der Waals surface area contributed by atoms with Crippen LogP contribution in [0.3, 0.4) is 0 Å². The van der Waals surface area contributed by atoms with Crippen LogP contribution in [0.4, 0.5) is 0 Å². The van der Waals surface area contributed by atoms with Gasteiger partial charge in [0.1, 0.15) is 0 Å². The average Bonchev–Trinajstić information content (AvgIpc) is 2.85. The van der Waals surface area contributed by atoms with Crippen molar-refractivity contribution < 1.29 is 0 Å². The van der Waals surface area contributed by atoms with Crippen molar-refractivity contribution in [3.8, 4) is 0 Å². The molecule has 14 heavy (non-hydrogen) atoms. The molecule has 1 aromatic heterocycles. The van der Waals surface area contributed by atoms with E-state index in [0.29, 0.717) is 6.04 Å². The van der Waals surface area contributed by atoms with E-state index in [2.05, 4.69) is 26.8 Å². The molecule has 2 nitrogen and oxygen atoms in total. The maximum absolute atomic E-state index is 11.7. The highest BCUT2D eigenvalue weighted by molar-refractivity contribution is 5.17. The number of aromatic nitrogens is 1. The molecule has 0 saturated heterocycles. The summed E-state index contributed by atoms with van der Waals surface area (Å²) in [4.78, 5) is 11.7. The zero-order valence-corrected chi connectivity index (χ0v) is 9.08. The zero-order valence-electron chi connectivity index (χ0n) is 9.08. The highest BCUT2D eigenvalue weighted by Crippen LogP contribution is 2.36. The fourth-order valence-corrected chi connectivity index (χ4v) is 1.82. The maximum Gasteiger partial charge on any atom is 0.250 e. The zero-order chi connectivity index (χ0) is 10.3. The summed E-state index contributed by atoms with van der Waals surface area (Å²) in [6.45, 7) is 6.46. The maximum atomic E-state index is 11.7. The van der Waals surface area contributed by atoms with Gasteiger partial charge in [-0.05, 0) is 18.9 Å². The molecule has 1 heterocycles. The number of hydrogen-bond donors (Lipinski definition) is 0. The Morgan fingerprint density at radius 1 is 1.29 bits per heavy atom. The quantitative estimate of drug-likeness (QED) is 0.668. The summed E-state index contributed by atoms with van der Waals surface area (Å²) in [5, 5.41) is 0. The number of pyridine rings is 1. The van der Waals surface area contributed by atoms with Crippen LogP contribution >= 0.6 is 0 Å². The molecular weight excluding hydrogens is 174 g/mol. The summed E-state index contributed by atoms with van der Waals surface area (Å²) in [5.41, 5.74) is 1.37. The van der Waals surface area contributed by atoms with Crippen LogP contribution in [0.2, 0.25) is 0 Å². The monoisotopic (exact) mass is 191 g/mol. The Morgan fingerprint density at radius 2 is 1.93 bits per heavy atom. The standard InChI is InChI=1S/C12H17NO/c1-12(2,3)10-5-4-6-11(14)13(10)9-7-8-9/h4-6,9H,7-8H2,1-3H3. The Labute approximate surface area is 84.6 Å². The van der Waals surface area contributed by atoms with Gasteiger partial charge in [-0.1, -0.05) is 26.8 Å². The lowest BCUT2D eigenvalue weighted by Crippen LogP contribution is -2.28. The normalized spacial score (nSPS) is 17.1. The number of hydrogen-bond acceptors (Lipinski definition) is 1. The van der Waals surface area contributed by atoms with Crippen LogP contribution in [0.5, 0.6) is 0 Å². The van der Waals surface area contributed by atoms with Crippen molar-refractivity contribution in [2.75, 3.05) is 0 Å². The predicted octanol–water partition coefficient (Wildman–Crippen LogP) is 2.48. The van der Waals surface area contributed by atoms with Crippen molar-refractivity contribution in [1.29, 1.82) is 0 Å². The molecule has 0 aliphatic heterocycles. The van der Waals surface area contributed by atoms with E-state index in [4.69, 9.17) is 0 Å². The Balaban J connectivity index is 2.59. The molecule has 0 radical (unpaired) electrons. The largest absolute Gasteiger partial charge is 0.309 e.